The number of hydrogen-bond donors (Lipinski definition) is 1. The maximum Gasteiger partial charge on any atom is 0.339 e. The van der Waals surface area contributed by atoms with Crippen molar-refractivity contribution in [2.75, 3.05) is 4.90 Å². The lowest BCUT2D eigenvalue weighted by Crippen LogP contribution is -2.43. The summed E-state index contributed by atoms with van der Waals surface area (Å²) in [6.45, 7) is 7.48. The van der Waals surface area contributed by atoms with Gasteiger partial charge in [0.2, 0.25) is 0 Å². The first-order chi connectivity index (χ1) is 9.81. The van der Waals surface area contributed by atoms with E-state index in [1.807, 2.05) is 20.8 Å². The van der Waals surface area contributed by atoms with Crippen molar-refractivity contribution in [1.82, 2.24) is 4.98 Å². The second kappa shape index (κ2) is 5.27. The van der Waals surface area contributed by atoms with E-state index >= 15 is 0 Å². The minimum Gasteiger partial charge on any atom is -0.478 e. The first-order valence-electron chi connectivity index (χ1n) is 6.92. The van der Waals surface area contributed by atoms with E-state index in [0.717, 1.165) is 5.56 Å². The molecule has 0 fully saturated rings. The Bertz CT molecular complexity index is 625. The molecule has 21 heavy (non-hydrogen) atoms. The van der Waals surface area contributed by atoms with Gasteiger partial charge in [-0.05, 0) is 30.9 Å². The second-order valence-corrected chi connectivity index (χ2v) is 5.60. The molecule has 1 aromatic heterocycles. The van der Waals surface area contributed by atoms with Crippen LogP contribution >= 0.6 is 0 Å². The first-order valence-corrected chi connectivity index (χ1v) is 6.92. The highest BCUT2D eigenvalue weighted by Crippen LogP contribution is 2.31. The van der Waals surface area contributed by atoms with Crippen LogP contribution in [0.1, 0.15) is 43.6 Å². The summed E-state index contributed by atoms with van der Waals surface area (Å²) >= 11 is 0. The molecule has 0 spiro atoms. The molecule has 0 saturated carbocycles. The number of nitrogens with zero attached hydrogens (tertiary/aromatic N) is 3. The summed E-state index contributed by atoms with van der Waals surface area (Å²) in [6, 6.07) is 1.55. The lowest BCUT2D eigenvalue weighted by molar-refractivity contribution is -0.122. The monoisotopic (exact) mass is 289 g/mol. The standard InChI is InChI=1S/C15H19N3O3/c1-5-10-6-11(13(19)20)12(16-7-10)18-8-17-15(4,9(2)3)14(18)21/h6-9H,5H2,1-4H3,(H,19,20). The van der Waals surface area contributed by atoms with E-state index < -0.39 is 11.5 Å². The van der Waals surface area contributed by atoms with Gasteiger partial charge in [-0.2, -0.15) is 0 Å². The van der Waals surface area contributed by atoms with Gasteiger partial charge in [0.05, 0.1) is 6.34 Å². The van der Waals surface area contributed by atoms with Gasteiger partial charge in [0, 0.05) is 6.20 Å². The van der Waals surface area contributed by atoms with Crippen LogP contribution < -0.4 is 4.90 Å². The number of rotatable bonds is 4. The average molecular weight is 289 g/mol. The molecule has 0 aliphatic carbocycles. The maximum absolute atomic E-state index is 12.6. The summed E-state index contributed by atoms with van der Waals surface area (Å²) in [5, 5.41) is 9.35. The van der Waals surface area contributed by atoms with Gasteiger partial charge in [-0.3, -0.25) is 14.7 Å². The van der Waals surface area contributed by atoms with Crippen LogP contribution in [0.3, 0.4) is 0 Å². The molecule has 1 aromatic rings. The molecule has 6 nitrogen and oxygen atoms in total. The number of carboxylic acids is 1. The summed E-state index contributed by atoms with van der Waals surface area (Å²) in [5.41, 5.74) is -0.0468. The largest absolute Gasteiger partial charge is 0.478 e. The van der Waals surface area contributed by atoms with Crippen LogP contribution in [-0.2, 0) is 11.2 Å². The number of anilines is 1. The number of aromatic nitrogens is 1. The molecule has 1 atom stereocenters. The molecule has 1 unspecified atom stereocenters. The fourth-order valence-corrected chi connectivity index (χ4v) is 2.12. The molecule has 0 aromatic carbocycles. The molecule has 1 aliphatic rings. The maximum atomic E-state index is 12.6. The number of aryl methyl sites for hydroxylation is 1. The van der Waals surface area contributed by atoms with Crippen molar-refractivity contribution < 1.29 is 14.7 Å². The molecule has 1 aliphatic heterocycles. The van der Waals surface area contributed by atoms with E-state index in [4.69, 9.17) is 0 Å². The number of aliphatic imine (C=N–C) groups is 1. The lowest BCUT2D eigenvalue weighted by atomic mass is 9.89. The predicted octanol–water partition coefficient (Wildman–Crippen LogP) is 2.13. The van der Waals surface area contributed by atoms with Gasteiger partial charge in [0.25, 0.3) is 5.91 Å². The lowest BCUT2D eigenvalue weighted by Gasteiger charge is -2.25. The van der Waals surface area contributed by atoms with Gasteiger partial charge < -0.3 is 5.11 Å². The van der Waals surface area contributed by atoms with Gasteiger partial charge in [0.1, 0.15) is 11.1 Å². The Morgan fingerprint density at radius 1 is 1.48 bits per heavy atom. The van der Waals surface area contributed by atoms with Crippen molar-refractivity contribution in [3.8, 4) is 0 Å². The second-order valence-electron chi connectivity index (χ2n) is 5.60. The Balaban J connectivity index is 2.47. The van der Waals surface area contributed by atoms with Crippen molar-refractivity contribution in [2.24, 2.45) is 10.9 Å². The van der Waals surface area contributed by atoms with Crippen molar-refractivity contribution in [3.63, 3.8) is 0 Å². The molecule has 0 bridgehead atoms. The fraction of sp³-hybridized carbons (Fsp3) is 0.467. The van der Waals surface area contributed by atoms with E-state index in [1.54, 1.807) is 19.2 Å². The average Bonchev–Trinajstić information content (AvgIpc) is 2.75. The highest BCUT2D eigenvalue weighted by atomic mass is 16.4. The number of aromatic carboxylic acids is 1. The molecule has 1 N–H and O–H groups in total. The van der Waals surface area contributed by atoms with E-state index in [9.17, 15) is 14.7 Å². The smallest absolute Gasteiger partial charge is 0.339 e. The van der Waals surface area contributed by atoms with Crippen LogP contribution in [0, 0.1) is 5.92 Å². The van der Waals surface area contributed by atoms with Crippen LogP contribution in [0.25, 0.3) is 0 Å². The minimum absolute atomic E-state index is 0.00874. The number of pyridine rings is 1. The highest BCUT2D eigenvalue weighted by Gasteiger charge is 2.44. The molecular formula is C15H19N3O3. The molecule has 112 valence electrons. The quantitative estimate of drug-likeness (QED) is 0.920. The summed E-state index contributed by atoms with van der Waals surface area (Å²) in [5.74, 6) is -1.23. The van der Waals surface area contributed by atoms with Crippen LogP contribution in [0.2, 0.25) is 0 Å². The minimum atomic E-state index is -1.10. The SMILES string of the molecule is CCc1cnc(N2C=NC(C)(C(C)C)C2=O)c(C(=O)O)c1. The van der Waals surface area contributed by atoms with E-state index in [0.29, 0.717) is 6.42 Å². The van der Waals surface area contributed by atoms with Crippen LogP contribution in [0.15, 0.2) is 17.3 Å². The third-order valence-corrected chi connectivity index (χ3v) is 4.01. The number of hydrogen-bond acceptors (Lipinski definition) is 4. The molecule has 6 heteroatoms. The van der Waals surface area contributed by atoms with Crippen LogP contribution in [-0.4, -0.2) is 33.8 Å². The molecule has 2 rings (SSSR count). The summed E-state index contributed by atoms with van der Waals surface area (Å²) < 4.78 is 0. The number of carbonyl (C=O) groups is 2. The van der Waals surface area contributed by atoms with Crippen molar-refractivity contribution in [2.45, 2.75) is 39.7 Å². The van der Waals surface area contributed by atoms with E-state index in [2.05, 4.69) is 9.98 Å². The Labute approximate surface area is 123 Å². The zero-order valence-electron chi connectivity index (χ0n) is 12.6. The van der Waals surface area contributed by atoms with Gasteiger partial charge in [0.15, 0.2) is 5.82 Å². The van der Waals surface area contributed by atoms with Gasteiger partial charge >= 0.3 is 5.97 Å². The Morgan fingerprint density at radius 2 is 2.14 bits per heavy atom. The molecule has 0 saturated heterocycles. The van der Waals surface area contributed by atoms with Crippen LogP contribution in [0.5, 0.6) is 0 Å². The van der Waals surface area contributed by atoms with Crippen molar-refractivity contribution in [1.29, 1.82) is 0 Å². The first kappa shape index (κ1) is 15.2. The third kappa shape index (κ3) is 2.41. The normalized spacial score (nSPS) is 21.4. The van der Waals surface area contributed by atoms with Crippen molar-refractivity contribution in [3.05, 3.63) is 23.4 Å². The zero-order valence-corrected chi connectivity index (χ0v) is 12.6. The molecule has 2 heterocycles. The fourth-order valence-electron chi connectivity index (χ4n) is 2.12. The summed E-state index contributed by atoms with van der Waals surface area (Å²) in [6.07, 6.45) is 3.65. The number of carbonyl (C=O) groups excluding carboxylic acids is 1. The van der Waals surface area contributed by atoms with Gasteiger partial charge in [-0.25, -0.2) is 9.78 Å². The Hall–Kier alpha value is -2.24. The third-order valence-electron chi connectivity index (χ3n) is 4.01. The topological polar surface area (TPSA) is 82.9 Å². The number of carboxylic acid groups (broad SMARTS) is 1. The van der Waals surface area contributed by atoms with E-state index in [1.165, 1.54) is 11.2 Å². The summed E-state index contributed by atoms with van der Waals surface area (Å²) in [7, 11) is 0. The Morgan fingerprint density at radius 3 is 2.62 bits per heavy atom. The Kier molecular flexibility index (Phi) is 3.80. The zero-order chi connectivity index (χ0) is 15.8. The van der Waals surface area contributed by atoms with Crippen molar-refractivity contribution >= 4 is 24.0 Å². The van der Waals surface area contributed by atoms with Gasteiger partial charge in [-0.1, -0.05) is 20.8 Å². The highest BCUT2D eigenvalue weighted by molar-refractivity contribution is 6.18. The molecular weight excluding hydrogens is 270 g/mol. The van der Waals surface area contributed by atoms with Crippen LogP contribution in [0.4, 0.5) is 5.82 Å². The van der Waals surface area contributed by atoms with E-state index in [-0.39, 0.29) is 23.2 Å². The number of amides is 1. The summed E-state index contributed by atoms with van der Waals surface area (Å²) in [4.78, 5) is 33.7. The molecule has 0 radical (unpaired) electrons. The predicted molar refractivity (Wildman–Crippen MR) is 79.8 cm³/mol. The molecule has 1 amide bonds. The van der Waals surface area contributed by atoms with Gasteiger partial charge in [-0.15, -0.1) is 0 Å².